The van der Waals surface area contributed by atoms with Crippen LogP contribution in [-0.4, -0.2) is 70.3 Å². The summed E-state index contributed by atoms with van der Waals surface area (Å²) in [5.41, 5.74) is 0. The largest absolute Gasteiger partial charge is 0.463 e. The monoisotopic (exact) mass is 300 g/mol. The third-order valence-electron chi connectivity index (χ3n) is 4.31. The van der Waals surface area contributed by atoms with Gasteiger partial charge in [-0.25, -0.2) is 4.99 Å². The van der Waals surface area contributed by atoms with Gasteiger partial charge in [-0.3, -0.25) is 0 Å². The zero-order chi connectivity index (χ0) is 15.2. The van der Waals surface area contributed by atoms with E-state index >= 15 is 0 Å². The van der Waals surface area contributed by atoms with Gasteiger partial charge in [0.2, 0.25) is 0 Å². The molecule has 0 radical (unpaired) electrons. The summed E-state index contributed by atoms with van der Waals surface area (Å²) in [6, 6.07) is 0.199. The first kappa shape index (κ1) is 16.5. The number of hydrogen-bond acceptors (Lipinski definition) is 5. The molecule has 2 saturated heterocycles. The average molecular weight is 300 g/mol. The summed E-state index contributed by atoms with van der Waals surface area (Å²) in [6.45, 7) is 3.50. The molecule has 0 aromatic carbocycles. The summed E-state index contributed by atoms with van der Waals surface area (Å²) >= 11 is 0. The van der Waals surface area contributed by atoms with E-state index < -0.39 is 18.3 Å². The van der Waals surface area contributed by atoms with Gasteiger partial charge in [0.25, 0.3) is 6.02 Å². The number of hydrogen-bond donors (Lipinski definition) is 3. The van der Waals surface area contributed by atoms with Crippen LogP contribution in [0.2, 0.25) is 0 Å². The highest BCUT2D eigenvalue weighted by molar-refractivity contribution is 5.76. The quantitative estimate of drug-likeness (QED) is 0.596. The lowest BCUT2D eigenvalue weighted by atomic mass is 9.95. The van der Waals surface area contributed by atoms with Gasteiger partial charge in [-0.15, -0.1) is 0 Å². The number of amidine groups is 1. The van der Waals surface area contributed by atoms with E-state index in [2.05, 4.69) is 11.9 Å². The van der Waals surface area contributed by atoms with Gasteiger partial charge < -0.3 is 25.0 Å². The molecule has 0 unspecified atom stereocenters. The van der Waals surface area contributed by atoms with Gasteiger partial charge in [-0.1, -0.05) is 39.0 Å². The molecular formula is C15H28N2O4. The predicted molar refractivity (Wildman–Crippen MR) is 80.1 cm³/mol. The van der Waals surface area contributed by atoms with Crippen LogP contribution in [0, 0.1) is 0 Å². The van der Waals surface area contributed by atoms with E-state index in [0.29, 0.717) is 19.2 Å². The molecule has 0 aliphatic carbocycles. The van der Waals surface area contributed by atoms with Crippen LogP contribution in [0.4, 0.5) is 0 Å². The summed E-state index contributed by atoms with van der Waals surface area (Å²) < 4.78 is 5.51. The standard InChI is InChI=1S/C15H28N2O4/c1-2-3-4-5-6-7-8-16-15-17-9-12(18)14(20)13(19)11(17)10-21-15/h11-14,18-20H,2-10H2,1H3/t11-,12+,13-,14-/m1/s1. The van der Waals surface area contributed by atoms with Crippen LogP contribution in [0.15, 0.2) is 4.99 Å². The topological polar surface area (TPSA) is 85.5 Å². The van der Waals surface area contributed by atoms with E-state index in [9.17, 15) is 15.3 Å². The molecule has 6 nitrogen and oxygen atoms in total. The van der Waals surface area contributed by atoms with Crippen LogP contribution in [0.3, 0.4) is 0 Å². The van der Waals surface area contributed by atoms with Crippen molar-refractivity contribution in [1.29, 1.82) is 0 Å². The maximum Gasteiger partial charge on any atom is 0.287 e. The second kappa shape index (κ2) is 7.96. The molecule has 3 N–H and O–H groups in total. The summed E-state index contributed by atoms with van der Waals surface area (Å²) in [5.74, 6) is 0. The van der Waals surface area contributed by atoms with Crippen molar-refractivity contribution in [1.82, 2.24) is 4.90 Å². The number of nitrogens with zero attached hydrogens (tertiary/aromatic N) is 2. The molecule has 4 atom stereocenters. The Morgan fingerprint density at radius 1 is 1.10 bits per heavy atom. The Morgan fingerprint density at radius 2 is 1.81 bits per heavy atom. The summed E-state index contributed by atoms with van der Waals surface area (Å²) in [7, 11) is 0. The van der Waals surface area contributed by atoms with Crippen LogP contribution in [0.1, 0.15) is 45.4 Å². The van der Waals surface area contributed by atoms with Crippen molar-refractivity contribution in [2.24, 2.45) is 4.99 Å². The van der Waals surface area contributed by atoms with Gasteiger partial charge in [0.15, 0.2) is 0 Å². The Morgan fingerprint density at radius 3 is 2.57 bits per heavy atom. The van der Waals surface area contributed by atoms with E-state index in [4.69, 9.17) is 4.74 Å². The first-order chi connectivity index (χ1) is 10.1. The highest BCUT2D eigenvalue weighted by atomic mass is 16.5. The Balaban J connectivity index is 1.75. The molecule has 0 bridgehead atoms. The van der Waals surface area contributed by atoms with Gasteiger partial charge in [-0.2, -0.15) is 0 Å². The molecule has 2 aliphatic rings. The predicted octanol–water partition coefficient (Wildman–Crippen LogP) is 0.500. The van der Waals surface area contributed by atoms with E-state index in [-0.39, 0.29) is 12.6 Å². The number of rotatable bonds is 7. The Hall–Kier alpha value is -0.850. The van der Waals surface area contributed by atoms with E-state index in [1.54, 1.807) is 4.90 Å². The third-order valence-corrected chi connectivity index (χ3v) is 4.31. The van der Waals surface area contributed by atoms with Crippen molar-refractivity contribution in [2.45, 2.75) is 69.8 Å². The number of aliphatic hydroxyl groups is 3. The van der Waals surface area contributed by atoms with Gasteiger partial charge >= 0.3 is 0 Å². The van der Waals surface area contributed by atoms with E-state index in [1.807, 2.05) is 0 Å². The van der Waals surface area contributed by atoms with Crippen molar-refractivity contribution in [3.05, 3.63) is 0 Å². The minimum atomic E-state index is -1.10. The molecule has 0 saturated carbocycles. The second-order valence-electron chi connectivity index (χ2n) is 6.01. The zero-order valence-electron chi connectivity index (χ0n) is 12.8. The maximum absolute atomic E-state index is 9.94. The van der Waals surface area contributed by atoms with Crippen LogP contribution in [0.5, 0.6) is 0 Å². The van der Waals surface area contributed by atoms with Gasteiger partial charge in [-0.05, 0) is 6.42 Å². The van der Waals surface area contributed by atoms with Gasteiger partial charge in [0.1, 0.15) is 24.9 Å². The highest BCUT2D eigenvalue weighted by Gasteiger charge is 2.46. The van der Waals surface area contributed by atoms with Crippen LogP contribution < -0.4 is 0 Å². The Kier molecular flexibility index (Phi) is 6.26. The smallest absolute Gasteiger partial charge is 0.287 e. The van der Waals surface area contributed by atoms with Crippen molar-refractivity contribution < 1.29 is 20.1 Å². The number of aliphatic hydroxyl groups excluding tert-OH is 3. The lowest BCUT2D eigenvalue weighted by molar-refractivity contribution is -0.116. The molecular weight excluding hydrogens is 272 g/mol. The normalized spacial score (nSPS) is 34.1. The van der Waals surface area contributed by atoms with E-state index in [1.165, 1.54) is 32.1 Å². The highest BCUT2D eigenvalue weighted by Crippen LogP contribution is 2.24. The Labute approximate surface area is 126 Å². The molecule has 2 fully saturated rings. The first-order valence-electron chi connectivity index (χ1n) is 8.13. The Bertz CT molecular complexity index is 351. The molecule has 2 heterocycles. The van der Waals surface area contributed by atoms with Gasteiger partial charge in [0, 0.05) is 6.54 Å². The molecule has 21 heavy (non-hydrogen) atoms. The SMILES string of the molecule is CCCCCCCCN=C1OC[C@@H]2[C@@H](O)[C@H](O)[C@@H](O)CN12. The first-order valence-corrected chi connectivity index (χ1v) is 8.13. The number of fused-ring (bicyclic) bond motifs is 1. The lowest BCUT2D eigenvalue weighted by Crippen LogP contribution is -2.60. The van der Waals surface area contributed by atoms with Crippen molar-refractivity contribution in [3.8, 4) is 0 Å². The molecule has 0 aromatic heterocycles. The minimum absolute atomic E-state index is 0.262. The van der Waals surface area contributed by atoms with Crippen LogP contribution in [-0.2, 0) is 4.74 Å². The van der Waals surface area contributed by atoms with Crippen LogP contribution in [0.25, 0.3) is 0 Å². The molecule has 0 spiro atoms. The molecule has 0 amide bonds. The fraction of sp³-hybridized carbons (Fsp3) is 0.933. The third kappa shape index (κ3) is 4.08. The fourth-order valence-corrected chi connectivity index (χ4v) is 2.94. The zero-order valence-corrected chi connectivity index (χ0v) is 12.8. The average Bonchev–Trinajstić information content (AvgIpc) is 2.87. The molecule has 122 valence electrons. The van der Waals surface area contributed by atoms with Gasteiger partial charge in [0.05, 0.1) is 12.6 Å². The molecule has 6 heteroatoms. The molecule has 2 rings (SSSR count). The second-order valence-corrected chi connectivity index (χ2v) is 6.01. The van der Waals surface area contributed by atoms with Crippen molar-refractivity contribution in [3.63, 3.8) is 0 Å². The number of piperidine rings is 1. The summed E-state index contributed by atoms with van der Waals surface area (Å²) in [6.07, 6.45) is 4.23. The molecule has 0 aromatic rings. The van der Waals surface area contributed by atoms with Crippen molar-refractivity contribution in [2.75, 3.05) is 19.7 Å². The summed E-state index contributed by atoms with van der Waals surface area (Å²) in [4.78, 5) is 6.21. The van der Waals surface area contributed by atoms with Crippen molar-refractivity contribution >= 4 is 6.02 Å². The minimum Gasteiger partial charge on any atom is -0.463 e. The maximum atomic E-state index is 9.94. The molecule has 2 aliphatic heterocycles. The fourth-order valence-electron chi connectivity index (χ4n) is 2.94. The van der Waals surface area contributed by atoms with E-state index in [0.717, 1.165) is 6.42 Å². The number of unbranched alkanes of at least 4 members (excludes halogenated alkanes) is 5. The van der Waals surface area contributed by atoms with Crippen LogP contribution >= 0.6 is 0 Å². The number of aliphatic imine (C=N–C) groups is 1. The summed E-state index contributed by atoms with van der Waals surface area (Å²) in [5, 5.41) is 29.4. The lowest BCUT2D eigenvalue weighted by Gasteiger charge is -2.38. The number of ether oxygens (including phenoxy) is 1.